The third kappa shape index (κ3) is 2.98. The Bertz CT molecular complexity index is 762. The minimum Gasteiger partial charge on any atom is -0.478 e. The molecule has 0 atom stereocenters. The van der Waals surface area contributed by atoms with Gasteiger partial charge in [-0.1, -0.05) is 0 Å². The second kappa shape index (κ2) is 5.98. The predicted molar refractivity (Wildman–Crippen MR) is 78.5 cm³/mol. The van der Waals surface area contributed by atoms with E-state index in [0.29, 0.717) is 0 Å². The number of aryl methyl sites for hydroxylation is 2. The quantitative estimate of drug-likeness (QED) is 0.826. The fourth-order valence-electron chi connectivity index (χ4n) is 1.84. The molecule has 2 rings (SSSR count). The van der Waals surface area contributed by atoms with Crippen molar-refractivity contribution in [1.29, 1.82) is 0 Å². The highest BCUT2D eigenvalue weighted by atomic mass is 32.1. The number of carboxylic acid groups (broad SMARTS) is 1. The molecule has 0 saturated heterocycles. The molecule has 0 aromatic carbocycles. The smallest absolute Gasteiger partial charge is 0.340 e. The van der Waals surface area contributed by atoms with Gasteiger partial charge in [0.1, 0.15) is 10.6 Å². The average Bonchev–Trinajstić information content (AvgIpc) is 3.01. The number of amides is 1. The van der Waals surface area contributed by atoms with Gasteiger partial charge in [0.15, 0.2) is 5.69 Å². The molecule has 8 nitrogen and oxygen atoms in total. The first kappa shape index (κ1) is 15.7. The van der Waals surface area contributed by atoms with E-state index in [4.69, 9.17) is 5.11 Å². The van der Waals surface area contributed by atoms with E-state index in [1.165, 1.54) is 36.4 Å². The lowest BCUT2D eigenvalue weighted by Gasteiger charge is -2.04. The molecule has 1 amide bonds. The van der Waals surface area contributed by atoms with Gasteiger partial charge in [0.05, 0.1) is 12.7 Å². The Morgan fingerprint density at radius 3 is 2.64 bits per heavy atom. The second-order valence-corrected chi connectivity index (χ2v) is 5.67. The summed E-state index contributed by atoms with van der Waals surface area (Å²) in [5.41, 5.74) is -0.226. The van der Waals surface area contributed by atoms with Gasteiger partial charge in [-0.2, -0.15) is 5.10 Å². The molecule has 116 valence electrons. The summed E-state index contributed by atoms with van der Waals surface area (Å²) in [4.78, 5) is 35.8. The number of carboxylic acids is 1. The van der Waals surface area contributed by atoms with Crippen LogP contribution in [0, 0.1) is 6.92 Å². The van der Waals surface area contributed by atoms with Crippen LogP contribution in [-0.4, -0.2) is 39.8 Å². The van der Waals surface area contributed by atoms with Crippen LogP contribution in [0.5, 0.6) is 0 Å². The van der Waals surface area contributed by atoms with Crippen molar-refractivity contribution in [3.8, 4) is 0 Å². The molecular weight excluding hydrogens is 310 g/mol. The van der Waals surface area contributed by atoms with Crippen molar-refractivity contribution in [2.45, 2.75) is 6.92 Å². The van der Waals surface area contributed by atoms with Gasteiger partial charge in [0, 0.05) is 18.1 Å². The first-order valence-corrected chi connectivity index (χ1v) is 6.92. The zero-order chi connectivity index (χ0) is 16.4. The van der Waals surface area contributed by atoms with Crippen LogP contribution in [0.1, 0.15) is 36.1 Å². The number of hydrogen-bond acceptors (Lipinski definition) is 6. The van der Waals surface area contributed by atoms with Crippen molar-refractivity contribution in [2.75, 3.05) is 12.4 Å². The van der Waals surface area contributed by atoms with Crippen molar-refractivity contribution in [2.24, 2.45) is 7.05 Å². The molecular formula is C13H13N3O5S. The van der Waals surface area contributed by atoms with Gasteiger partial charge in [0.2, 0.25) is 0 Å². The molecule has 22 heavy (non-hydrogen) atoms. The lowest BCUT2D eigenvalue weighted by molar-refractivity contribution is 0.0601. The monoisotopic (exact) mass is 323 g/mol. The molecule has 0 fully saturated rings. The van der Waals surface area contributed by atoms with Crippen LogP contribution < -0.4 is 5.32 Å². The number of hydrogen-bond donors (Lipinski definition) is 2. The largest absolute Gasteiger partial charge is 0.478 e. The van der Waals surface area contributed by atoms with Gasteiger partial charge >= 0.3 is 11.9 Å². The fraction of sp³-hybridized carbons (Fsp3) is 0.231. The third-order valence-electron chi connectivity index (χ3n) is 2.76. The molecule has 0 unspecified atom stereocenters. The molecule has 0 aliphatic carbocycles. The molecule has 2 heterocycles. The maximum atomic E-state index is 12.2. The van der Waals surface area contributed by atoms with Crippen LogP contribution >= 0.6 is 11.3 Å². The Labute approximate surface area is 129 Å². The predicted octanol–water partition coefficient (Wildman–Crippen LogP) is 1.53. The van der Waals surface area contributed by atoms with E-state index in [2.05, 4.69) is 15.2 Å². The van der Waals surface area contributed by atoms with Crippen LogP contribution in [-0.2, 0) is 11.8 Å². The molecule has 2 aromatic rings. The number of methoxy groups -OCH3 is 1. The summed E-state index contributed by atoms with van der Waals surface area (Å²) < 4.78 is 5.88. The lowest BCUT2D eigenvalue weighted by atomic mass is 10.2. The standard InChI is InChI=1S/C13H13N3O5S/c1-6-4-7(13(20)21-3)11(22-6)14-10(17)9-8(12(18)19)5-16(2)15-9/h4-5H,1-3H3,(H,14,17)(H,18,19). The van der Waals surface area contributed by atoms with Crippen molar-refractivity contribution in [1.82, 2.24) is 9.78 Å². The van der Waals surface area contributed by atoms with E-state index in [1.54, 1.807) is 13.0 Å². The molecule has 0 aliphatic rings. The Balaban J connectivity index is 2.34. The molecule has 0 saturated carbocycles. The first-order chi connectivity index (χ1) is 10.3. The van der Waals surface area contributed by atoms with E-state index in [0.717, 1.165) is 4.88 Å². The maximum absolute atomic E-state index is 12.2. The number of thiophene rings is 1. The Morgan fingerprint density at radius 1 is 1.36 bits per heavy atom. The number of rotatable bonds is 4. The molecule has 0 aliphatic heterocycles. The molecule has 9 heteroatoms. The minimum absolute atomic E-state index is 0.214. The first-order valence-electron chi connectivity index (χ1n) is 6.10. The van der Waals surface area contributed by atoms with Gasteiger partial charge in [-0.15, -0.1) is 11.3 Å². The molecule has 0 radical (unpaired) electrons. The summed E-state index contributed by atoms with van der Waals surface area (Å²) in [5.74, 6) is -2.54. The Hall–Kier alpha value is -2.68. The van der Waals surface area contributed by atoms with Gasteiger partial charge in [0.25, 0.3) is 5.91 Å². The summed E-state index contributed by atoms with van der Waals surface area (Å²) in [5, 5.41) is 15.7. The minimum atomic E-state index is -1.26. The summed E-state index contributed by atoms with van der Waals surface area (Å²) in [6.45, 7) is 1.77. The van der Waals surface area contributed by atoms with E-state index in [-0.39, 0.29) is 21.8 Å². The van der Waals surface area contributed by atoms with Crippen LogP contribution in [0.4, 0.5) is 5.00 Å². The number of anilines is 1. The van der Waals surface area contributed by atoms with Crippen molar-refractivity contribution in [3.05, 3.63) is 34.0 Å². The number of carbonyl (C=O) groups is 3. The van der Waals surface area contributed by atoms with E-state index in [9.17, 15) is 14.4 Å². The number of carbonyl (C=O) groups excluding carboxylic acids is 2. The Morgan fingerprint density at radius 2 is 2.05 bits per heavy atom. The zero-order valence-electron chi connectivity index (χ0n) is 12.0. The number of esters is 1. The summed E-state index contributed by atoms with van der Waals surface area (Å²) in [7, 11) is 2.75. The van der Waals surface area contributed by atoms with Crippen LogP contribution in [0.15, 0.2) is 12.3 Å². The SMILES string of the molecule is COC(=O)c1cc(C)sc1NC(=O)c1nn(C)cc1C(=O)O. The topological polar surface area (TPSA) is 111 Å². The second-order valence-electron chi connectivity index (χ2n) is 4.42. The molecule has 0 spiro atoms. The lowest BCUT2D eigenvalue weighted by Crippen LogP contribution is -2.17. The Kier molecular flexibility index (Phi) is 4.27. The number of aromatic carboxylic acids is 1. The van der Waals surface area contributed by atoms with Gasteiger partial charge < -0.3 is 15.2 Å². The highest BCUT2D eigenvalue weighted by Crippen LogP contribution is 2.28. The van der Waals surface area contributed by atoms with E-state index >= 15 is 0 Å². The van der Waals surface area contributed by atoms with Crippen molar-refractivity contribution < 1.29 is 24.2 Å². The molecule has 0 bridgehead atoms. The van der Waals surface area contributed by atoms with Crippen molar-refractivity contribution >= 4 is 34.2 Å². The van der Waals surface area contributed by atoms with Gasteiger partial charge in [-0.25, -0.2) is 9.59 Å². The summed E-state index contributed by atoms with van der Waals surface area (Å²) in [6.07, 6.45) is 1.23. The van der Waals surface area contributed by atoms with E-state index < -0.39 is 17.8 Å². The number of nitrogens with one attached hydrogen (secondary N) is 1. The summed E-state index contributed by atoms with van der Waals surface area (Å²) >= 11 is 1.19. The highest BCUT2D eigenvalue weighted by Gasteiger charge is 2.24. The third-order valence-corrected chi connectivity index (χ3v) is 3.73. The van der Waals surface area contributed by atoms with Gasteiger partial charge in [-0.3, -0.25) is 9.48 Å². The number of ether oxygens (including phenoxy) is 1. The molecule has 2 aromatic heterocycles. The fourth-order valence-corrected chi connectivity index (χ4v) is 2.74. The highest BCUT2D eigenvalue weighted by molar-refractivity contribution is 7.16. The van der Waals surface area contributed by atoms with Crippen molar-refractivity contribution in [3.63, 3.8) is 0 Å². The maximum Gasteiger partial charge on any atom is 0.340 e. The normalized spacial score (nSPS) is 10.3. The van der Waals surface area contributed by atoms with Crippen LogP contribution in [0.2, 0.25) is 0 Å². The van der Waals surface area contributed by atoms with Crippen LogP contribution in [0.25, 0.3) is 0 Å². The van der Waals surface area contributed by atoms with Gasteiger partial charge in [-0.05, 0) is 13.0 Å². The zero-order valence-corrected chi connectivity index (χ0v) is 12.9. The van der Waals surface area contributed by atoms with Crippen LogP contribution in [0.3, 0.4) is 0 Å². The molecule has 2 N–H and O–H groups in total. The summed E-state index contributed by atoms with van der Waals surface area (Å²) in [6, 6.07) is 1.59. The average molecular weight is 323 g/mol. The number of aromatic nitrogens is 2. The number of nitrogens with zero attached hydrogens (tertiary/aromatic N) is 2. The van der Waals surface area contributed by atoms with E-state index in [1.807, 2.05) is 0 Å².